The first-order chi connectivity index (χ1) is 20.4. The number of carbonyl (C=O) groups is 1. The van der Waals surface area contributed by atoms with Gasteiger partial charge in [0.15, 0.2) is 0 Å². The van der Waals surface area contributed by atoms with Crippen LogP contribution >= 0.6 is 23.2 Å². The summed E-state index contributed by atoms with van der Waals surface area (Å²) >= 11 is 13.1. The molecule has 1 amide bonds. The molecule has 210 valence electrons. The van der Waals surface area contributed by atoms with Crippen LogP contribution < -0.4 is 25.6 Å². The van der Waals surface area contributed by atoms with E-state index in [1.165, 1.54) is 0 Å². The molecule has 1 aliphatic rings. The van der Waals surface area contributed by atoms with Gasteiger partial charge in [-0.25, -0.2) is 5.84 Å². The van der Waals surface area contributed by atoms with Crippen molar-refractivity contribution in [2.24, 2.45) is 12.9 Å². The number of halogens is 2. The van der Waals surface area contributed by atoms with E-state index in [-0.39, 0.29) is 5.91 Å². The first-order valence-corrected chi connectivity index (χ1v) is 14.1. The van der Waals surface area contributed by atoms with Gasteiger partial charge in [0.1, 0.15) is 12.9 Å². The van der Waals surface area contributed by atoms with Crippen LogP contribution in [0.25, 0.3) is 17.2 Å². The van der Waals surface area contributed by atoms with E-state index >= 15 is 0 Å². The molecule has 0 radical (unpaired) electrons. The van der Waals surface area contributed by atoms with E-state index in [4.69, 9.17) is 33.5 Å². The number of carbonyl (C=O) groups excluding carboxylic acids is 1. The van der Waals surface area contributed by atoms with Crippen molar-refractivity contribution in [2.75, 3.05) is 9.80 Å². The summed E-state index contributed by atoms with van der Waals surface area (Å²) in [6.07, 6.45) is 6.00. The van der Waals surface area contributed by atoms with E-state index < -0.39 is 0 Å². The molecule has 0 saturated heterocycles. The van der Waals surface area contributed by atoms with Gasteiger partial charge in [0, 0.05) is 24.7 Å². The highest BCUT2D eigenvalue weighted by atomic mass is 35.5. The number of amides is 1. The fraction of sp³-hybridized carbons (Fsp3) is 0.0909. The number of oxazole rings is 1. The lowest BCUT2D eigenvalue weighted by Gasteiger charge is -2.25. The molecule has 2 heterocycles. The van der Waals surface area contributed by atoms with Crippen molar-refractivity contribution < 1.29 is 13.8 Å². The van der Waals surface area contributed by atoms with Crippen LogP contribution in [-0.2, 0) is 20.1 Å². The maximum absolute atomic E-state index is 12.0. The number of nitrogens with one attached hydrogen (secondary N) is 1. The quantitative estimate of drug-likeness (QED) is 0.0940. The number of allylic oxidation sites excluding steroid dienone is 2. The second-order valence-electron chi connectivity index (χ2n) is 9.93. The third-order valence-corrected chi connectivity index (χ3v) is 8.00. The third-order valence-electron chi connectivity index (χ3n) is 7.28. The summed E-state index contributed by atoms with van der Waals surface area (Å²) < 4.78 is 8.10. The van der Waals surface area contributed by atoms with Gasteiger partial charge in [0.2, 0.25) is 5.58 Å². The second kappa shape index (κ2) is 11.7. The van der Waals surface area contributed by atoms with Gasteiger partial charge < -0.3 is 14.2 Å². The average Bonchev–Trinajstić information content (AvgIpc) is 3.47. The number of aryl methyl sites for hydroxylation is 1. The molecule has 5 aromatic rings. The van der Waals surface area contributed by atoms with Crippen molar-refractivity contribution in [3.05, 3.63) is 142 Å². The van der Waals surface area contributed by atoms with Gasteiger partial charge in [-0.05, 0) is 53.6 Å². The van der Waals surface area contributed by atoms with Crippen molar-refractivity contribution in [1.82, 2.24) is 5.43 Å². The molecule has 0 atom stereocenters. The number of nitrogen functional groups attached to an aromatic ring is 1. The molecule has 3 N–H and O–H groups in total. The first-order valence-electron chi connectivity index (χ1n) is 13.4. The number of rotatable bonds is 7. The molecule has 1 aliphatic heterocycles. The summed E-state index contributed by atoms with van der Waals surface area (Å²) in [6.45, 7) is 1.15. The molecular weight excluding hydrogens is 569 g/mol. The largest absolute Gasteiger partial charge is 0.398 e. The molecule has 0 saturated carbocycles. The summed E-state index contributed by atoms with van der Waals surface area (Å²) in [5, 5.41) is 0.956. The monoisotopic (exact) mass is 596 g/mol. The molecule has 42 heavy (non-hydrogen) atoms. The number of nitrogens with zero attached hydrogens (tertiary/aromatic N) is 3. The van der Waals surface area contributed by atoms with Gasteiger partial charge in [0.05, 0.1) is 27.5 Å². The number of fused-ring (bicyclic) bond motifs is 2. The second-order valence-corrected chi connectivity index (χ2v) is 10.7. The van der Waals surface area contributed by atoms with Gasteiger partial charge in [0.25, 0.3) is 11.4 Å². The van der Waals surface area contributed by atoms with Gasteiger partial charge in [-0.1, -0.05) is 77.8 Å². The van der Waals surface area contributed by atoms with E-state index in [0.29, 0.717) is 28.7 Å². The minimum atomic E-state index is -0.340. The van der Waals surface area contributed by atoms with E-state index in [0.717, 1.165) is 45.3 Å². The van der Waals surface area contributed by atoms with Crippen LogP contribution in [0.1, 0.15) is 27.4 Å². The van der Waals surface area contributed by atoms with Crippen molar-refractivity contribution in [2.45, 2.75) is 13.1 Å². The lowest BCUT2D eigenvalue weighted by atomic mass is 10.1. The van der Waals surface area contributed by atoms with Crippen LogP contribution in [0.2, 0.25) is 10.0 Å². The fourth-order valence-corrected chi connectivity index (χ4v) is 5.46. The topological polar surface area (TPSA) is 78.6 Å². The smallest absolute Gasteiger partial charge is 0.373 e. The Hall–Kier alpha value is -4.56. The van der Waals surface area contributed by atoms with E-state index in [2.05, 4.69) is 33.4 Å². The minimum absolute atomic E-state index is 0.340. The highest BCUT2D eigenvalue weighted by Gasteiger charge is 2.32. The molecule has 0 unspecified atom stereocenters. The van der Waals surface area contributed by atoms with E-state index in [1.54, 1.807) is 12.1 Å². The van der Waals surface area contributed by atoms with Crippen LogP contribution in [0.15, 0.2) is 113 Å². The number of aromatic nitrogens is 1. The SMILES string of the molecule is C[n+]1c(C=CC=C2N(Cc3ccccc3)c3cc(Cl)c(Cl)cc3N2Cc2ccc(C(=O)NN)cc2)oc2ccccc21. The Morgan fingerprint density at radius 1 is 0.881 bits per heavy atom. The Balaban J connectivity index is 1.43. The highest BCUT2D eigenvalue weighted by molar-refractivity contribution is 6.42. The summed E-state index contributed by atoms with van der Waals surface area (Å²) in [6, 6.07) is 29.4. The molecule has 0 fully saturated rings. The van der Waals surface area contributed by atoms with Crippen LogP contribution in [0, 0.1) is 0 Å². The number of para-hydroxylation sites is 2. The van der Waals surface area contributed by atoms with Crippen LogP contribution in [0.5, 0.6) is 0 Å². The van der Waals surface area contributed by atoms with Crippen LogP contribution in [-0.4, -0.2) is 5.91 Å². The van der Waals surface area contributed by atoms with Crippen LogP contribution in [0.4, 0.5) is 11.4 Å². The van der Waals surface area contributed by atoms with Crippen LogP contribution in [0.3, 0.4) is 0 Å². The molecular formula is C33H28Cl2N5O2+. The number of hydrogen-bond acceptors (Lipinski definition) is 5. The Morgan fingerprint density at radius 2 is 1.48 bits per heavy atom. The third kappa shape index (κ3) is 5.37. The Labute approximate surface area is 253 Å². The summed E-state index contributed by atoms with van der Waals surface area (Å²) in [4.78, 5) is 16.4. The number of benzene rings is 4. The number of hydrogen-bond donors (Lipinski definition) is 2. The lowest BCUT2D eigenvalue weighted by Crippen LogP contribution is -2.30. The normalized spacial score (nSPS) is 13.9. The Bertz CT molecular complexity index is 1830. The fourth-order valence-electron chi connectivity index (χ4n) is 5.14. The zero-order valence-corrected chi connectivity index (χ0v) is 24.3. The van der Waals surface area contributed by atoms with Crippen molar-refractivity contribution in [1.29, 1.82) is 0 Å². The summed E-state index contributed by atoms with van der Waals surface area (Å²) in [5.74, 6) is 6.63. The zero-order chi connectivity index (χ0) is 29.2. The Kier molecular flexibility index (Phi) is 7.71. The first kappa shape index (κ1) is 27.6. The average molecular weight is 598 g/mol. The molecule has 4 aromatic carbocycles. The molecule has 0 spiro atoms. The molecule has 0 bridgehead atoms. The molecule has 7 nitrogen and oxygen atoms in total. The summed E-state index contributed by atoms with van der Waals surface area (Å²) in [5.41, 5.74) is 8.52. The van der Waals surface area contributed by atoms with E-state index in [9.17, 15) is 4.79 Å². The van der Waals surface area contributed by atoms with E-state index in [1.807, 2.05) is 90.5 Å². The van der Waals surface area contributed by atoms with Crippen molar-refractivity contribution in [3.8, 4) is 0 Å². The molecule has 1 aromatic heterocycles. The van der Waals surface area contributed by atoms with Crippen molar-refractivity contribution >= 4 is 57.7 Å². The maximum Gasteiger partial charge on any atom is 0.373 e. The van der Waals surface area contributed by atoms with Gasteiger partial charge in [-0.3, -0.25) is 10.2 Å². The lowest BCUT2D eigenvalue weighted by molar-refractivity contribution is -0.652. The standard InChI is InChI=1S/C33H27Cl2N5O2/c1-38-27-10-5-6-11-30(27)42-32(38)13-7-12-31-39(20-22-8-3-2-4-9-22)28-18-25(34)26(35)19-29(28)40(31)21-23-14-16-24(17-15-23)33(41)37-36/h2-19H,20-21,36H2,1H3/p+1. The summed E-state index contributed by atoms with van der Waals surface area (Å²) in [7, 11) is 1.98. The van der Waals surface area contributed by atoms with Gasteiger partial charge in [-0.15, -0.1) is 0 Å². The molecule has 0 aliphatic carbocycles. The molecule has 9 heteroatoms. The minimum Gasteiger partial charge on any atom is -0.398 e. The predicted octanol–water partition coefficient (Wildman–Crippen LogP) is 6.75. The number of nitrogens with two attached hydrogens (primary N) is 1. The molecule has 6 rings (SSSR count). The maximum atomic E-state index is 12.0. The van der Waals surface area contributed by atoms with Crippen molar-refractivity contribution in [3.63, 3.8) is 0 Å². The number of hydrazine groups is 1. The van der Waals surface area contributed by atoms with Gasteiger partial charge >= 0.3 is 5.89 Å². The van der Waals surface area contributed by atoms with Gasteiger partial charge in [-0.2, -0.15) is 4.57 Å². The predicted molar refractivity (Wildman–Crippen MR) is 168 cm³/mol. The zero-order valence-electron chi connectivity index (χ0n) is 22.8. The Morgan fingerprint density at radius 3 is 2.10 bits per heavy atom. The number of anilines is 2. The highest BCUT2D eigenvalue weighted by Crippen LogP contribution is 2.47.